The van der Waals surface area contributed by atoms with Gasteiger partial charge in [0.15, 0.2) is 0 Å². The summed E-state index contributed by atoms with van der Waals surface area (Å²) in [6, 6.07) is 9.93. The Morgan fingerprint density at radius 3 is 2.53 bits per heavy atom. The van der Waals surface area contributed by atoms with Gasteiger partial charge in [-0.3, -0.25) is 4.79 Å². The molecule has 0 aliphatic rings. The maximum Gasteiger partial charge on any atom is 0.226 e. The van der Waals surface area contributed by atoms with Gasteiger partial charge in [0.1, 0.15) is 0 Å². The summed E-state index contributed by atoms with van der Waals surface area (Å²) >= 11 is 0. The van der Waals surface area contributed by atoms with E-state index in [0.717, 1.165) is 5.56 Å². The number of carbonyl (C=O) groups excluding carboxylic acids is 1. The number of benzene rings is 1. The molecule has 0 radical (unpaired) electrons. The molecule has 1 unspecified atom stereocenters. The number of nitrogens with two attached hydrogens (primary N) is 1. The van der Waals surface area contributed by atoms with Gasteiger partial charge in [-0.15, -0.1) is 0 Å². The molecule has 0 aliphatic carbocycles. The molecule has 1 amide bonds. The average molecular weight is 206 g/mol. The van der Waals surface area contributed by atoms with Crippen LogP contribution in [-0.2, 0) is 11.3 Å². The SMILES string of the molecule is CC(CN)C(=O)N(C)Cc1ccccc1. The van der Waals surface area contributed by atoms with E-state index in [2.05, 4.69) is 0 Å². The van der Waals surface area contributed by atoms with Crippen LogP contribution < -0.4 is 5.73 Å². The molecule has 0 fully saturated rings. The highest BCUT2D eigenvalue weighted by molar-refractivity contribution is 5.78. The molecule has 0 aliphatic heterocycles. The molecule has 0 saturated heterocycles. The van der Waals surface area contributed by atoms with E-state index in [1.807, 2.05) is 44.3 Å². The van der Waals surface area contributed by atoms with Gasteiger partial charge in [0.05, 0.1) is 0 Å². The highest BCUT2D eigenvalue weighted by Crippen LogP contribution is 2.06. The first-order chi connectivity index (χ1) is 7.15. The zero-order valence-corrected chi connectivity index (χ0v) is 9.31. The molecule has 2 N–H and O–H groups in total. The van der Waals surface area contributed by atoms with E-state index in [4.69, 9.17) is 5.73 Å². The van der Waals surface area contributed by atoms with Gasteiger partial charge in [-0.1, -0.05) is 37.3 Å². The molecule has 3 nitrogen and oxygen atoms in total. The smallest absolute Gasteiger partial charge is 0.226 e. The van der Waals surface area contributed by atoms with E-state index in [0.29, 0.717) is 13.1 Å². The van der Waals surface area contributed by atoms with Crippen LogP contribution in [0.1, 0.15) is 12.5 Å². The lowest BCUT2D eigenvalue weighted by Crippen LogP contribution is -2.34. The summed E-state index contributed by atoms with van der Waals surface area (Å²) in [6.45, 7) is 2.89. The summed E-state index contributed by atoms with van der Waals surface area (Å²) in [4.78, 5) is 13.4. The fourth-order valence-electron chi connectivity index (χ4n) is 1.41. The Kier molecular flexibility index (Phi) is 4.31. The number of hydrogen-bond acceptors (Lipinski definition) is 2. The summed E-state index contributed by atoms with van der Waals surface area (Å²) in [5.41, 5.74) is 6.59. The van der Waals surface area contributed by atoms with Crippen LogP contribution in [0.2, 0.25) is 0 Å². The molecule has 82 valence electrons. The number of nitrogens with zero attached hydrogens (tertiary/aromatic N) is 1. The average Bonchev–Trinajstić information content (AvgIpc) is 2.28. The van der Waals surface area contributed by atoms with Crippen molar-refractivity contribution < 1.29 is 4.79 Å². The third kappa shape index (κ3) is 3.36. The zero-order chi connectivity index (χ0) is 11.3. The molecule has 0 aromatic heterocycles. The molecule has 1 rings (SSSR count). The molecule has 0 saturated carbocycles. The molecule has 1 aromatic carbocycles. The monoisotopic (exact) mass is 206 g/mol. The van der Waals surface area contributed by atoms with Gasteiger partial charge in [-0.05, 0) is 5.56 Å². The Hall–Kier alpha value is -1.35. The lowest BCUT2D eigenvalue weighted by molar-refractivity contribution is -0.133. The molecule has 0 spiro atoms. The highest BCUT2D eigenvalue weighted by atomic mass is 16.2. The first-order valence-electron chi connectivity index (χ1n) is 5.14. The van der Waals surface area contributed by atoms with Crippen LogP contribution in [0.25, 0.3) is 0 Å². The summed E-state index contributed by atoms with van der Waals surface area (Å²) in [5.74, 6) is 0.0000605. The van der Waals surface area contributed by atoms with Crippen molar-refractivity contribution >= 4 is 5.91 Å². The Morgan fingerprint density at radius 2 is 2.00 bits per heavy atom. The maximum atomic E-state index is 11.7. The summed E-state index contributed by atoms with van der Waals surface area (Å²) in [6.07, 6.45) is 0. The van der Waals surface area contributed by atoms with E-state index in [-0.39, 0.29) is 11.8 Å². The Labute approximate surface area is 90.9 Å². The van der Waals surface area contributed by atoms with Crippen LogP contribution in [0.15, 0.2) is 30.3 Å². The predicted octanol–water partition coefficient (Wildman–Crippen LogP) is 1.24. The maximum absolute atomic E-state index is 11.7. The molecule has 0 heterocycles. The summed E-state index contributed by atoms with van der Waals surface area (Å²) < 4.78 is 0. The second kappa shape index (κ2) is 5.51. The topological polar surface area (TPSA) is 46.3 Å². The lowest BCUT2D eigenvalue weighted by Gasteiger charge is -2.20. The van der Waals surface area contributed by atoms with E-state index in [1.165, 1.54) is 0 Å². The first-order valence-corrected chi connectivity index (χ1v) is 5.14. The van der Waals surface area contributed by atoms with E-state index in [9.17, 15) is 4.79 Å². The van der Waals surface area contributed by atoms with Gasteiger partial charge < -0.3 is 10.6 Å². The Balaban J connectivity index is 2.56. The van der Waals surface area contributed by atoms with Crippen molar-refractivity contribution in [3.63, 3.8) is 0 Å². The van der Waals surface area contributed by atoms with Gasteiger partial charge in [0.2, 0.25) is 5.91 Å². The first kappa shape index (κ1) is 11.7. The van der Waals surface area contributed by atoms with Crippen LogP contribution >= 0.6 is 0 Å². The van der Waals surface area contributed by atoms with Crippen molar-refractivity contribution in [3.8, 4) is 0 Å². The Bertz CT molecular complexity index is 311. The minimum atomic E-state index is -0.0984. The quantitative estimate of drug-likeness (QED) is 0.805. The van der Waals surface area contributed by atoms with Gasteiger partial charge in [0, 0.05) is 26.1 Å². The van der Waals surface area contributed by atoms with Crippen molar-refractivity contribution in [2.45, 2.75) is 13.5 Å². The highest BCUT2D eigenvalue weighted by Gasteiger charge is 2.15. The van der Waals surface area contributed by atoms with Crippen LogP contribution in [0.5, 0.6) is 0 Å². The standard InChI is InChI=1S/C12H18N2O/c1-10(8-13)12(15)14(2)9-11-6-4-3-5-7-11/h3-7,10H,8-9,13H2,1-2H3. The Morgan fingerprint density at radius 1 is 1.40 bits per heavy atom. The van der Waals surface area contributed by atoms with E-state index in [1.54, 1.807) is 4.90 Å². The van der Waals surface area contributed by atoms with E-state index >= 15 is 0 Å². The van der Waals surface area contributed by atoms with Crippen LogP contribution in [0.3, 0.4) is 0 Å². The minimum absolute atomic E-state index is 0.0984. The molecule has 1 aromatic rings. The second-order valence-corrected chi connectivity index (χ2v) is 3.82. The third-order valence-corrected chi connectivity index (χ3v) is 2.41. The van der Waals surface area contributed by atoms with Gasteiger partial charge in [-0.2, -0.15) is 0 Å². The molecule has 0 bridgehead atoms. The summed E-state index contributed by atoms with van der Waals surface area (Å²) in [5, 5.41) is 0. The third-order valence-electron chi connectivity index (χ3n) is 2.41. The minimum Gasteiger partial charge on any atom is -0.341 e. The van der Waals surface area contributed by atoms with Crippen molar-refractivity contribution in [2.24, 2.45) is 11.7 Å². The number of amides is 1. The largest absolute Gasteiger partial charge is 0.341 e. The fraction of sp³-hybridized carbons (Fsp3) is 0.417. The lowest BCUT2D eigenvalue weighted by atomic mass is 10.1. The van der Waals surface area contributed by atoms with Crippen LogP contribution in [0.4, 0.5) is 0 Å². The van der Waals surface area contributed by atoms with E-state index < -0.39 is 0 Å². The molecule has 1 atom stereocenters. The fourth-order valence-corrected chi connectivity index (χ4v) is 1.41. The normalized spacial score (nSPS) is 12.2. The van der Waals surface area contributed by atoms with Crippen molar-refractivity contribution in [2.75, 3.05) is 13.6 Å². The number of hydrogen-bond donors (Lipinski definition) is 1. The molecular formula is C12H18N2O. The van der Waals surface area contributed by atoms with Crippen LogP contribution in [-0.4, -0.2) is 24.4 Å². The number of carbonyl (C=O) groups is 1. The van der Waals surface area contributed by atoms with Gasteiger partial charge in [0.25, 0.3) is 0 Å². The summed E-state index contributed by atoms with van der Waals surface area (Å²) in [7, 11) is 1.81. The predicted molar refractivity (Wildman–Crippen MR) is 61.1 cm³/mol. The second-order valence-electron chi connectivity index (χ2n) is 3.82. The molecular weight excluding hydrogens is 188 g/mol. The molecule has 15 heavy (non-hydrogen) atoms. The number of rotatable bonds is 4. The van der Waals surface area contributed by atoms with Gasteiger partial charge in [-0.25, -0.2) is 0 Å². The van der Waals surface area contributed by atoms with Crippen molar-refractivity contribution in [1.82, 2.24) is 4.90 Å². The zero-order valence-electron chi connectivity index (χ0n) is 9.31. The van der Waals surface area contributed by atoms with Crippen molar-refractivity contribution in [3.05, 3.63) is 35.9 Å². The van der Waals surface area contributed by atoms with Gasteiger partial charge >= 0.3 is 0 Å². The van der Waals surface area contributed by atoms with Crippen molar-refractivity contribution in [1.29, 1.82) is 0 Å². The molecule has 3 heteroatoms. The van der Waals surface area contributed by atoms with Crippen LogP contribution in [0, 0.1) is 5.92 Å².